The van der Waals surface area contributed by atoms with Crippen LogP contribution >= 0.6 is 23.1 Å². The molecule has 0 unspecified atom stereocenters. The maximum atomic E-state index is 15.1. The third-order valence-electron chi connectivity index (χ3n) is 12.1. The lowest BCUT2D eigenvalue weighted by Crippen LogP contribution is -2.39. The monoisotopic (exact) mass is 948 g/mol. The van der Waals surface area contributed by atoms with Crippen LogP contribution < -0.4 is 18.9 Å². The number of aromatic nitrogens is 4. The average molecular weight is 949 g/mol. The molecule has 20 heteroatoms. The third-order valence-corrected chi connectivity index (χ3v) is 16.3. The Hall–Kier alpha value is -5.12. The van der Waals surface area contributed by atoms with Gasteiger partial charge in [0.2, 0.25) is 10.3 Å². The molecule has 2 fully saturated rings. The molecule has 0 spiro atoms. The summed E-state index contributed by atoms with van der Waals surface area (Å²) in [6.45, 7) is 2.71. The van der Waals surface area contributed by atoms with Gasteiger partial charge in [0.15, 0.2) is 0 Å². The lowest BCUT2D eigenvalue weighted by atomic mass is 9.89. The molecule has 2 saturated heterocycles. The number of nitrogens with one attached hydrogen (secondary N) is 2. The maximum absolute atomic E-state index is 15.1. The highest BCUT2D eigenvalue weighted by molar-refractivity contribution is 7.93. The van der Waals surface area contributed by atoms with Crippen molar-refractivity contribution in [3.63, 3.8) is 0 Å². The van der Waals surface area contributed by atoms with Gasteiger partial charge in [-0.15, -0.1) is 0 Å². The van der Waals surface area contributed by atoms with Crippen LogP contribution in [0, 0.1) is 11.6 Å². The van der Waals surface area contributed by atoms with Gasteiger partial charge in [-0.1, -0.05) is 73.5 Å². The van der Waals surface area contributed by atoms with Crippen LogP contribution in [0.15, 0.2) is 107 Å². The fourth-order valence-corrected chi connectivity index (χ4v) is 12.8. The Kier molecular flexibility index (Phi) is 13.2. The molecule has 2 N–H and O–H groups in total. The molecule has 14 nitrogen and oxygen atoms in total. The van der Waals surface area contributed by atoms with Crippen LogP contribution in [-0.2, 0) is 20.0 Å². The van der Waals surface area contributed by atoms with Crippen molar-refractivity contribution in [2.24, 2.45) is 0 Å². The number of likely N-dealkylation sites (tertiary alicyclic amines) is 2. The molecule has 0 saturated carbocycles. The number of piperidine rings is 2. The van der Waals surface area contributed by atoms with Crippen LogP contribution in [0.1, 0.15) is 97.8 Å². The van der Waals surface area contributed by atoms with Gasteiger partial charge in [0.1, 0.15) is 45.6 Å². The third kappa shape index (κ3) is 9.48. The first-order valence-corrected chi connectivity index (χ1v) is 25.7. The van der Waals surface area contributed by atoms with E-state index in [0.717, 1.165) is 87.5 Å². The van der Waals surface area contributed by atoms with E-state index < -0.39 is 41.5 Å². The fourth-order valence-electron chi connectivity index (χ4n) is 9.34. The second kappa shape index (κ2) is 19.2. The van der Waals surface area contributed by atoms with Crippen molar-refractivity contribution < 1.29 is 35.1 Å². The van der Waals surface area contributed by atoms with Crippen LogP contribution in [-0.4, -0.2) is 71.7 Å². The van der Waals surface area contributed by atoms with Crippen molar-refractivity contribution in [2.75, 3.05) is 35.7 Å². The number of hydrogen-bond acceptors (Lipinski definition) is 14. The van der Waals surface area contributed by atoms with E-state index in [9.17, 15) is 16.8 Å². The van der Waals surface area contributed by atoms with Crippen molar-refractivity contribution in [3.05, 3.63) is 131 Å². The smallest absolute Gasteiger partial charge is 0.266 e. The first kappa shape index (κ1) is 44.1. The van der Waals surface area contributed by atoms with Gasteiger partial charge in [-0.25, -0.2) is 35.6 Å². The number of hydrogen-bond donors (Lipinski definition) is 2. The molecule has 336 valence electrons. The van der Waals surface area contributed by atoms with Crippen molar-refractivity contribution in [3.8, 4) is 11.5 Å². The number of ether oxygens (including phenoxy) is 2. The van der Waals surface area contributed by atoms with Crippen molar-refractivity contribution >= 4 is 53.4 Å². The highest BCUT2D eigenvalue weighted by Gasteiger charge is 2.38. The molecule has 4 atom stereocenters. The van der Waals surface area contributed by atoms with E-state index in [1.54, 1.807) is 0 Å². The zero-order valence-electron chi connectivity index (χ0n) is 34.6. The van der Waals surface area contributed by atoms with Crippen LogP contribution in [0.5, 0.6) is 11.5 Å². The standard InChI is InChI=1S/2C22H23FN4O3S2/c2*23-17-12-16-19(27-10-5-4-8-18(27)15-6-2-1-3-7-15)9-11-30-20(16)13-21(17)32(28,29)26-22-24-14-25-31-22/h2*1-3,6-7,12-14,18-19H,4-5,8-11H2,(H,24,25,26)/t18-,19+;18-,19-/m00/s1. The predicted molar refractivity (Wildman–Crippen MR) is 239 cm³/mol. The summed E-state index contributed by atoms with van der Waals surface area (Å²) in [5, 5.41) is 0.167. The summed E-state index contributed by atoms with van der Waals surface area (Å²) in [4.78, 5) is 11.6. The van der Waals surface area contributed by atoms with Crippen molar-refractivity contribution in [2.45, 2.75) is 85.3 Å². The summed E-state index contributed by atoms with van der Waals surface area (Å²) in [5.74, 6) is -0.774. The number of fused-ring (bicyclic) bond motifs is 2. The molecule has 64 heavy (non-hydrogen) atoms. The van der Waals surface area contributed by atoms with Gasteiger partial charge in [-0.3, -0.25) is 19.2 Å². The Morgan fingerprint density at radius 1 is 0.562 bits per heavy atom. The molecule has 6 aromatic rings. The minimum atomic E-state index is -4.15. The summed E-state index contributed by atoms with van der Waals surface area (Å²) in [6, 6.07) is 26.4. The van der Waals surface area contributed by atoms with E-state index in [4.69, 9.17) is 9.47 Å². The quantitative estimate of drug-likeness (QED) is 0.134. The second-order valence-corrected chi connectivity index (χ2v) is 20.8. The topological polar surface area (TPSA) is 169 Å². The lowest BCUT2D eigenvalue weighted by molar-refractivity contribution is 0.0665. The van der Waals surface area contributed by atoms with E-state index >= 15 is 8.78 Å². The van der Waals surface area contributed by atoms with Gasteiger partial charge in [-0.2, -0.15) is 8.75 Å². The summed E-state index contributed by atoms with van der Waals surface area (Å²) in [7, 11) is -8.31. The SMILES string of the molecule is O=S(=O)(Nc1ncns1)c1cc2c(cc1F)[C@@H](N1CCCC[C@H]1c1ccccc1)CCO2.O=S(=O)(Nc1ncns1)c1cc2c(cc1F)[C@H](N1CCCC[C@H]1c1ccccc1)CCO2. The van der Waals surface area contributed by atoms with E-state index in [-0.39, 0.29) is 34.4 Å². The first-order valence-electron chi connectivity index (χ1n) is 21.2. The molecular formula is C44H46F2N8O6S4. The molecule has 2 aromatic heterocycles. The highest BCUT2D eigenvalue weighted by Crippen LogP contribution is 2.46. The van der Waals surface area contributed by atoms with Gasteiger partial charge >= 0.3 is 0 Å². The van der Waals surface area contributed by atoms with Crippen LogP contribution in [0.2, 0.25) is 0 Å². The Bertz CT molecular complexity index is 2570. The van der Waals surface area contributed by atoms with Gasteiger partial charge in [-0.05, 0) is 62.0 Å². The summed E-state index contributed by atoms with van der Waals surface area (Å²) >= 11 is 1.77. The Labute approximate surface area is 379 Å². The minimum absolute atomic E-state index is 0.0355. The van der Waals surface area contributed by atoms with E-state index in [1.807, 2.05) is 36.4 Å². The number of sulfonamides is 2. The van der Waals surface area contributed by atoms with E-state index in [1.165, 1.54) is 48.0 Å². The lowest BCUT2D eigenvalue weighted by Gasteiger charge is -2.43. The number of rotatable bonds is 10. The Morgan fingerprint density at radius 3 is 1.38 bits per heavy atom. The molecule has 4 aliphatic heterocycles. The fraction of sp³-hybridized carbons (Fsp3) is 0.364. The average Bonchev–Trinajstić information content (AvgIpc) is 4.03. The number of halogens is 2. The van der Waals surface area contributed by atoms with Crippen LogP contribution in [0.25, 0.3) is 0 Å². The molecule has 0 amide bonds. The van der Waals surface area contributed by atoms with Crippen molar-refractivity contribution in [1.82, 2.24) is 28.5 Å². The van der Waals surface area contributed by atoms with Crippen LogP contribution in [0.3, 0.4) is 0 Å². The minimum Gasteiger partial charge on any atom is -0.493 e. The predicted octanol–water partition coefficient (Wildman–Crippen LogP) is 9.06. The van der Waals surface area contributed by atoms with Gasteiger partial charge in [0.25, 0.3) is 20.0 Å². The molecule has 4 aliphatic rings. The highest BCUT2D eigenvalue weighted by atomic mass is 32.2. The number of benzene rings is 4. The zero-order valence-corrected chi connectivity index (χ0v) is 37.8. The Morgan fingerprint density at radius 2 is 0.984 bits per heavy atom. The molecule has 0 bridgehead atoms. The van der Waals surface area contributed by atoms with E-state index in [2.05, 4.69) is 62.2 Å². The summed E-state index contributed by atoms with van der Waals surface area (Å²) < 4.78 is 105. The van der Waals surface area contributed by atoms with Crippen LogP contribution in [0.4, 0.5) is 19.0 Å². The molecule has 0 radical (unpaired) electrons. The second-order valence-electron chi connectivity index (χ2n) is 16.0. The molecule has 0 aliphatic carbocycles. The van der Waals surface area contributed by atoms with Gasteiger partial charge in [0.05, 0.1) is 13.2 Å². The van der Waals surface area contributed by atoms with Gasteiger partial charge in [0, 0.05) is 83.3 Å². The largest absolute Gasteiger partial charge is 0.493 e. The normalized spacial score (nSPS) is 21.5. The van der Waals surface area contributed by atoms with E-state index in [0.29, 0.717) is 35.8 Å². The zero-order chi connectivity index (χ0) is 44.3. The molecular weight excluding hydrogens is 903 g/mol. The summed E-state index contributed by atoms with van der Waals surface area (Å²) in [5.41, 5.74) is 3.90. The number of nitrogens with zero attached hydrogens (tertiary/aromatic N) is 6. The Balaban J connectivity index is 0.000000162. The van der Waals surface area contributed by atoms with Gasteiger partial charge < -0.3 is 9.47 Å². The maximum Gasteiger partial charge on any atom is 0.266 e. The molecule has 6 heterocycles. The number of anilines is 2. The summed E-state index contributed by atoms with van der Waals surface area (Å²) in [6.07, 6.45) is 10.5. The molecule has 10 rings (SSSR count). The molecule has 4 aromatic carbocycles. The first-order chi connectivity index (χ1) is 31.1. The van der Waals surface area contributed by atoms with Crippen molar-refractivity contribution in [1.29, 1.82) is 0 Å².